The highest BCUT2D eigenvalue weighted by molar-refractivity contribution is 6.31. The van der Waals surface area contributed by atoms with E-state index < -0.39 is 5.97 Å². The van der Waals surface area contributed by atoms with E-state index in [0.717, 1.165) is 18.4 Å². The molecule has 0 aromatic heterocycles. The smallest absolute Gasteiger partial charge is 0.307 e. The molecule has 0 aliphatic heterocycles. The summed E-state index contributed by atoms with van der Waals surface area (Å²) in [7, 11) is 0. The Morgan fingerprint density at radius 2 is 2.24 bits per heavy atom. The highest BCUT2D eigenvalue weighted by Crippen LogP contribution is 2.41. The van der Waals surface area contributed by atoms with Crippen LogP contribution < -0.4 is 0 Å². The first-order chi connectivity index (χ1) is 8.02. The zero-order valence-electron chi connectivity index (χ0n) is 10.2. The number of carbonyl (C=O) groups is 1. The van der Waals surface area contributed by atoms with Crippen LogP contribution in [0.3, 0.4) is 0 Å². The van der Waals surface area contributed by atoms with Gasteiger partial charge < -0.3 is 5.11 Å². The average Bonchev–Trinajstić information content (AvgIpc) is 2.56. The minimum absolute atomic E-state index is 0.0112. The largest absolute Gasteiger partial charge is 0.481 e. The van der Waals surface area contributed by atoms with Crippen molar-refractivity contribution in [1.29, 1.82) is 0 Å². The molecule has 0 amide bonds. The van der Waals surface area contributed by atoms with E-state index >= 15 is 0 Å². The van der Waals surface area contributed by atoms with Crippen molar-refractivity contribution in [2.75, 3.05) is 0 Å². The van der Waals surface area contributed by atoms with Crippen LogP contribution in [-0.4, -0.2) is 11.1 Å². The lowest BCUT2D eigenvalue weighted by atomic mass is 9.92. The molecule has 0 radical (unpaired) electrons. The van der Waals surface area contributed by atoms with Gasteiger partial charge in [-0.3, -0.25) is 4.79 Å². The lowest BCUT2D eigenvalue weighted by molar-refractivity contribution is -0.136. The van der Waals surface area contributed by atoms with Gasteiger partial charge in [-0.15, -0.1) is 0 Å². The van der Waals surface area contributed by atoms with E-state index in [1.165, 1.54) is 11.1 Å². The Morgan fingerprint density at radius 3 is 2.82 bits per heavy atom. The molecular weight excluding hydrogens is 236 g/mol. The molecule has 0 heterocycles. The molecule has 0 fully saturated rings. The van der Waals surface area contributed by atoms with Crippen LogP contribution in [-0.2, 0) is 17.6 Å². The maximum Gasteiger partial charge on any atom is 0.307 e. The normalized spacial score (nSPS) is 22.5. The lowest BCUT2D eigenvalue weighted by Crippen LogP contribution is -2.02. The van der Waals surface area contributed by atoms with Gasteiger partial charge >= 0.3 is 5.97 Å². The van der Waals surface area contributed by atoms with Gasteiger partial charge in [0.25, 0.3) is 0 Å². The highest BCUT2D eigenvalue weighted by Gasteiger charge is 2.28. The van der Waals surface area contributed by atoms with Crippen LogP contribution in [0.1, 0.15) is 42.9 Å². The van der Waals surface area contributed by atoms with Gasteiger partial charge in [-0.25, -0.2) is 0 Å². The second-order valence-electron chi connectivity index (χ2n) is 4.87. The fourth-order valence-electron chi connectivity index (χ4n) is 2.79. The van der Waals surface area contributed by atoms with Crippen molar-refractivity contribution in [3.8, 4) is 0 Å². The summed E-state index contributed by atoms with van der Waals surface area (Å²) in [6, 6.07) is 3.95. The summed E-state index contributed by atoms with van der Waals surface area (Å²) in [4.78, 5) is 10.7. The van der Waals surface area contributed by atoms with E-state index in [-0.39, 0.29) is 6.42 Å². The number of halogens is 1. The second kappa shape index (κ2) is 4.69. The number of hydrogen-bond acceptors (Lipinski definition) is 1. The van der Waals surface area contributed by atoms with E-state index in [1.807, 2.05) is 12.1 Å². The third-order valence-corrected chi connectivity index (χ3v) is 4.21. The van der Waals surface area contributed by atoms with Crippen LogP contribution in [0.5, 0.6) is 0 Å². The number of rotatable bonds is 3. The Balaban J connectivity index is 2.36. The van der Waals surface area contributed by atoms with Crippen LogP contribution in [0.15, 0.2) is 12.1 Å². The lowest BCUT2D eigenvalue weighted by Gasteiger charge is -2.13. The second-order valence-corrected chi connectivity index (χ2v) is 5.28. The van der Waals surface area contributed by atoms with Crippen LogP contribution >= 0.6 is 11.6 Å². The summed E-state index contributed by atoms with van der Waals surface area (Å²) >= 11 is 6.14. The molecule has 2 atom stereocenters. The summed E-state index contributed by atoms with van der Waals surface area (Å²) in [6.45, 7) is 4.43. The molecule has 0 spiro atoms. The predicted octanol–water partition coefficient (Wildman–Crippen LogP) is 3.65. The highest BCUT2D eigenvalue weighted by atomic mass is 35.5. The maximum absolute atomic E-state index is 10.7. The molecule has 2 unspecified atom stereocenters. The quantitative estimate of drug-likeness (QED) is 0.892. The minimum Gasteiger partial charge on any atom is -0.481 e. The molecule has 0 saturated carbocycles. The summed E-state index contributed by atoms with van der Waals surface area (Å²) in [5.41, 5.74) is 3.32. The molecule has 1 aromatic carbocycles. The molecule has 92 valence electrons. The van der Waals surface area contributed by atoms with Crippen molar-refractivity contribution in [2.45, 2.75) is 39.0 Å². The monoisotopic (exact) mass is 252 g/mol. The molecule has 2 nitrogen and oxygen atoms in total. The first-order valence-electron chi connectivity index (χ1n) is 6.06. The van der Waals surface area contributed by atoms with Gasteiger partial charge in [0, 0.05) is 5.02 Å². The molecule has 1 N–H and O–H groups in total. The number of fused-ring (bicyclic) bond motifs is 1. The van der Waals surface area contributed by atoms with Crippen molar-refractivity contribution in [3.63, 3.8) is 0 Å². The molecule has 3 heteroatoms. The van der Waals surface area contributed by atoms with E-state index in [9.17, 15) is 4.79 Å². The van der Waals surface area contributed by atoms with Gasteiger partial charge in [-0.05, 0) is 41.0 Å². The summed E-state index contributed by atoms with van der Waals surface area (Å²) in [5.74, 6) is 0.373. The fourth-order valence-corrected chi connectivity index (χ4v) is 3.03. The van der Waals surface area contributed by atoms with Crippen molar-refractivity contribution in [3.05, 3.63) is 33.8 Å². The molecular formula is C14H17ClO2. The van der Waals surface area contributed by atoms with Crippen molar-refractivity contribution in [1.82, 2.24) is 0 Å². The summed E-state index contributed by atoms with van der Waals surface area (Å²) < 4.78 is 0. The van der Waals surface area contributed by atoms with Crippen LogP contribution in [0.4, 0.5) is 0 Å². The Labute approximate surface area is 107 Å². The summed E-state index contributed by atoms with van der Waals surface area (Å²) in [6.07, 6.45) is 2.22. The van der Waals surface area contributed by atoms with Gasteiger partial charge in [-0.1, -0.05) is 37.9 Å². The predicted molar refractivity (Wildman–Crippen MR) is 68.7 cm³/mol. The standard InChI is InChI=1S/C14H17ClO2/c1-3-9-4-10-5-11(6-14(16)17)13(15)7-12(10)8(9)2/h5,7-9H,3-4,6H2,1-2H3,(H,16,17). The number of aliphatic carboxylic acids is 1. The molecule has 1 aromatic rings. The van der Waals surface area contributed by atoms with Gasteiger partial charge in [0.15, 0.2) is 0 Å². The summed E-state index contributed by atoms with van der Waals surface area (Å²) in [5, 5.41) is 9.42. The molecule has 1 aliphatic carbocycles. The van der Waals surface area contributed by atoms with Crippen LogP contribution in [0.2, 0.25) is 5.02 Å². The Morgan fingerprint density at radius 1 is 1.53 bits per heavy atom. The van der Waals surface area contributed by atoms with Crippen molar-refractivity contribution in [2.24, 2.45) is 5.92 Å². The molecule has 2 rings (SSSR count). The van der Waals surface area contributed by atoms with Crippen molar-refractivity contribution >= 4 is 17.6 Å². The van der Waals surface area contributed by atoms with Gasteiger partial charge in [0.2, 0.25) is 0 Å². The van der Waals surface area contributed by atoms with E-state index in [0.29, 0.717) is 16.9 Å². The van der Waals surface area contributed by atoms with E-state index in [1.54, 1.807) is 0 Å². The number of benzene rings is 1. The van der Waals surface area contributed by atoms with E-state index in [4.69, 9.17) is 16.7 Å². The molecule has 0 bridgehead atoms. The third-order valence-electron chi connectivity index (χ3n) is 3.85. The van der Waals surface area contributed by atoms with Crippen molar-refractivity contribution < 1.29 is 9.90 Å². The van der Waals surface area contributed by atoms with E-state index in [2.05, 4.69) is 13.8 Å². The fraction of sp³-hybridized carbons (Fsp3) is 0.500. The van der Waals surface area contributed by atoms with Gasteiger partial charge in [0.1, 0.15) is 0 Å². The Hall–Kier alpha value is -1.02. The average molecular weight is 253 g/mol. The first-order valence-corrected chi connectivity index (χ1v) is 6.43. The zero-order valence-corrected chi connectivity index (χ0v) is 10.9. The number of hydrogen-bond donors (Lipinski definition) is 1. The number of carboxylic acid groups (broad SMARTS) is 1. The SMILES string of the molecule is CCC1Cc2cc(CC(=O)O)c(Cl)cc2C1C. The molecule has 0 saturated heterocycles. The molecule has 1 aliphatic rings. The minimum atomic E-state index is -0.829. The third kappa shape index (κ3) is 2.32. The first kappa shape index (κ1) is 12.4. The Bertz CT molecular complexity index is 454. The zero-order chi connectivity index (χ0) is 12.6. The maximum atomic E-state index is 10.7. The van der Waals surface area contributed by atoms with Gasteiger partial charge in [0.05, 0.1) is 6.42 Å². The number of carboxylic acids is 1. The van der Waals surface area contributed by atoms with Gasteiger partial charge in [-0.2, -0.15) is 0 Å². The topological polar surface area (TPSA) is 37.3 Å². The molecule has 17 heavy (non-hydrogen) atoms. The van der Waals surface area contributed by atoms with Crippen LogP contribution in [0, 0.1) is 5.92 Å². The van der Waals surface area contributed by atoms with Crippen LogP contribution in [0.25, 0.3) is 0 Å². The Kier molecular flexibility index (Phi) is 3.43.